The van der Waals surface area contributed by atoms with Gasteiger partial charge in [0.2, 0.25) is 5.91 Å². The molecule has 1 aliphatic rings. The molecule has 0 atom stereocenters. The van der Waals surface area contributed by atoms with E-state index in [9.17, 15) is 4.79 Å². The molecule has 0 aromatic carbocycles. The van der Waals surface area contributed by atoms with Crippen molar-refractivity contribution in [2.24, 2.45) is 17.8 Å². The fraction of sp³-hybridized carbons (Fsp3) is 0.882. The summed E-state index contributed by atoms with van der Waals surface area (Å²) < 4.78 is 9.91. The standard InChI is InChI=1S/C15H28NO3.C2H6.K/c1-12(2)13-4-6-14(7-5-13)15(17)16-8-9-19-11-10-18-3;1-2;/h12-14H,3-11H2,1-2H3,(H,16,17);1-2H3;/q-1;;+1. The molecule has 0 unspecified atom stereocenters. The van der Waals surface area contributed by atoms with Crippen LogP contribution in [0.4, 0.5) is 0 Å². The zero-order valence-electron chi connectivity index (χ0n) is 15.3. The normalized spacial score (nSPS) is 20.6. The van der Waals surface area contributed by atoms with Crippen molar-refractivity contribution in [3.63, 3.8) is 0 Å². The molecule has 0 heterocycles. The minimum absolute atomic E-state index is 0. The second-order valence-electron chi connectivity index (χ2n) is 5.67. The van der Waals surface area contributed by atoms with Crippen LogP contribution in [0.1, 0.15) is 53.4 Å². The first-order valence-electron chi connectivity index (χ1n) is 8.37. The van der Waals surface area contributed by atoms with Crippen LogP contribution in [0.5, 0.6) is 0 Å². The Balaban J connectivity index is 0. The number of rotatable bonds is 8. The van der Waals surface area contributed by atoms with Crippen molar-refractivity contribution in [3.8, 4) is 0 Å². The van der Waals surface area contributed by atoms with Gasteiger partial charge in [-0.25, -0.2) is 7.11 Å². The molecule has 0 saturated heterocycles. The molecule has 1 aliphatic carbocycles. The average molecular weight is 340 g/mol. The summed E-state index contributed by atoms with van der Waals surface area (Å²) in [5.41, 5.74) is 0. The van der Waals surface area contributed by atoms with Crippen molar-refractivity contribution in [3.05, 3.63) is 7.11 Å². The van der Waals surface area contributed by atoms with Crippen LogP contribution in [0.25, 0.3) is 0 Å². The molecule has 0 aromatic rings. The van der Waals surface area contributed by atoms with Crippen molar-refractivity contribution in [2.75, 3.05) is 26.4 Å². The van der Waals surface area contributed by atoms with Crippen LogP contribution in [0.2, 0.25) is 0 Å². The second-order valence-corrected chi connectivity index (χ2v) is 5.67. The number of carbonyl (C=O) groups is 1. The Kier molecular flexibility index (Phi) is 19.4. The molecular formula is C17H34KNO3. The predicted octanol–water partition coefficient (Wildman–Crippen LogP) is 0.420. The maximum atomic E-state index is 12.0. The van der Waals surface area contributed by atoms with Gasteiger partial charge in [0.1, 0.15) is 0 Å². The van der Waals surface area contributed by atoms with Gasteiger partial charge in [0.15, 0.2) is 0 Å². The monoisotopic (exact) mass is 339 g/mol. The van der Waals surface area contributed by atoms with E-state index in [1.54, 1.807) is 0 Å². The number of nitrogens with one attached hydrogen (secondary N) is 1. The molecule has 0 bridgehead atoms. The second kappa shape index (κ2) is 16.9. The first-order chi connectivity index (χ1) is 10.1. The number of ether oxygens (including phenoxy) is 2. The molecule has 4 nitrogen and oxygen atoms in total. The van der Waals surface area contributed by atoms with E-state index in [2.05, 4.69) is 31.0 Å². The first kappa shape index (κ1) is 25.3. The topological polar surface area (TPSA) is 47.6 Å². The maximum Gasteiger partial charge on any atom is 1.00 e. The van der Waals surface area contributed by atoms with Gasteiger partial charge in [-0.2, -0.15) is 0 Å². The smallest absolute Gasteiger partial charge is 0.553 e. The van der Waals surface area contributed by atoms with Crippen LogP contribution >= 0.6 is 0 Å². The Hall–Kier alpha value is 1.03. The molecule has 1 rings (SSSR count). The van der Waals surface area contributed by atoms with E-state index < -0.39 is 0 Å². The van der Waals surface area contributed by atoms with E-state index in [0.717, 1.165) is 24.7 Å². The SMILES string of the molecule is CC.[CH2-]OCCOCCNC(=O)C1CCC(C(C)C)CC1.[K+]. The molecule has 0 radical (unpaired) electrons. The van der Waals surface area contributed by atoms with Crippen molar-refractivity contribution >= 4 is 5.91 Å². The van der Waals surface area contributed by atoms with Gasteiger partial charge in [-0.05, 0) is 37.5 Å². The van der Waals surface area contributed by atoms with Crippen LogP contribution in [0.15, 0.2) is 0 Å². The van der Waals surface area contributed by atoms with Gasteiger partial charge in [-0.15, -0.1) is 0 Å². The molecule has 1 N–H and O–H groups in total. The summed E-state index contributed by atoms with van der Waals surface area (Å²) in [6.07, 6.45) is 4.44. The van der Waals surface area contributed by atoms with Crippen molar-refractivity contribution < 1.29 is 65.7 Å². The van der Waals surface area contributed by atoms with Crippen molar-refractivity contribution in [2.45, 2.75) is 53.4 Å². The third kappa shape index (κ3) is 11.5. The molecule has 22 heavy (non-hydrogen) atoms. The summed E-state index contributed by atoms with van der Waals surface area (Å²) in [4.78, 5) is 12.0. The molecule has 0 aromatic heterocycles. The van der Waals surface area contributed by atoms with Crippen LogP contribution in [0, 0.1) is 24.9 Å². The van der Waals surface area contributed by atoms with Gasteiger partial charge in [-0.3, -0.25) is 4.79 Å². The molecule has 0 spiro atoms. The van der Waals surface area contributed by atoms with Crippen LogP contribution < -0.4 is 56.7 Å². The summed E-state index contributed by atoms with van der Waals surface area (Å²) in [5.74, 6) is 1.94. The zero-order valence-corrected chi connectivity index (χ0v) is 18.4. The number of carbonyl (C=O) groups excluding carboxylic acids is 1. The Morgan fingerprint density at radius 3 is 2.23 bits per heavy atom. The first-order valence-corrected chi connectivity index (χ1v) is 8.37. The van der Waals surface area contributed by atoms with Gasteiger partial charge in [-0.1, -0.05) is 27.7 Å². The quantitative estimate of drug-likeness (QED) is 0.396. The van der Waals surface area contributed by atoms with Gasteiger partial charge in [0.25, 0.3) is 0 Å². The summed E-state index contributed by atoms with van der Waals surface area (Å²) in [5, 5.41) is 2.95. The van der Waals surface area contributed by atoms with E-state index in [1.165, 1.54) is 12.8 Å². The molecule has 5 heteroatoms. The molecule has 126 valence electrons. The van der Waals surface area contributed by atoms with E-state index in [0.29, 0.717) is 26.4 Å². The van der Waals surface area contributed by atoms with E-state index in [-0.39, 0.29) is 63.2 Å². The van der Waals surface area contributed by atoms with E-state index in [4.69, 9.17) is 4.74 Å². The van der Waals surface area contributed by atoms with E-state index in [1.807, 2.05) is 13.8 Å². The molecule has 1 fully saturated rings. The molecular weight excluding hydrogens is 305 g/mol. The van der Waals surface area contributed by atoms with Crippen LogP contribution in [-0.2, 0) is 14.3 Å². The Labute approximate surface area is 179 Å². The fourth-order valence-electron chi connectivity index (χ4n) is 2.66. The zero-order chi connectivity index (χ0) is 16.1. The van der Waals surface area contributed by atoms with Crippen LogP contribution in [0.3, 0.4) is 0 Å². The average Bonchev–Trinajstić information content (AvgIpc) is 2.52. The minimum atomic E-state index is 0. The van der Waals surface area contributed by atoms with Gasteiger partial charge >= 0.3 is 51.4 Å². The minimum Gasteiger partial charge on any atom is -0.553 e. The fourth-order valence-corrected chi connectivity index (χ4v) is 2.66. The summed E-state index contributed by atoms with van der Waals surface area (Å²) in [6.45, 7) is 10.7. The largest absolute Gasteiger partial charge is 1.00 e. The summed E-state index contributed by atoms with van der Waals surface area (Å²) >= 11 is 0. The molecule has 1 amide bonds. The Morgan fingerprint density at radius 1 is 1.14 bits per heavy atom. The maximum absolute atomic E-state index is 12.0. The third-order valence-electron chi connectivity index (χ3n) is 4.00. The van der Waals surface area contributed by atoms with Crippen molar-refractivity contribution in [1.82, 2.24) is 5.32 Å². The van der Waals surface area contributed by atoms with Crippen molar-refractivity contribution in [1.29, 1.82) is 0 Å². The van der Waals surface area contributed by atoms with Gasteiger partial charge in [0.05, 0.1) is 13.2 Å². The van der Waals surface area contributed by atoms with Gasteiger partial charge < -0.3 is 14.8 Å². The summed E-state index contributed by atoms with van der Waals surface area (Å²) in [6, 6.07) is 0. The third-order valence-corrected chi connectivity index (χ3v) is 4.00. The van der Waals surface area contributed by atoms with Crippen LogP contribution in [-0.4, -0.2) is 32.3 Å². The summed E-state index contributed by atoms with van der Waals surface area (Å²) in [7, 11) is 3.26. The Morgan fingerprint density at radius 2 is 1.73 bits per heavy atom. The van der Waals surface area contributed by atoms with Gasteiger partial charge in [0, 0.05) is 19.1 Å². The predicted molar refractivity (Wildman–Crippen MR) is 86.8 cm³/mol. The number of hydrogen-bond acceptors (Lipinski definition) is 3. The molecule has 1 saturated carbocycles. The Bertz CT molecular complexity index is 254. The number of amides is 1. The molecule has 0 aliphatic heterocycles. The number of hydrogen-bond donors (Lipinski definition) is 1. The van der Waals surface area contributed by atoms with E-state index >= 15 is 0 Å².